The van der Waals surface area contributed by atoms with Crippen LogP contribution in [0.3, 0.4) is 0 Å². The molecule has 0 bridgehead atoms. The third kappa shape index (κ3) is 5.21. The third-order valence-electron chi connectivity index (χ3n) is 5.17. The molecule has 0 saturated carbocycles. The standard InChI is InChI=1S/C24H24N6O/c25-22(15-12-17-6-2-1-3-7-17)24(31)26-16-18-10-13-19(14-11-18)20-8-4-5-9-21(20)23-27-29-30-28-23/h1-11,13-14,22H,12,15-16,25H2,(H,26,31)(H,27,28,29,30)/t22-/m1/s1. The predicted molar refractivity (Wildman–Crippen MR) is 120 cm³/mol. The lowest BCUT2D eigenvalue weighted by atomic mass is 9.98. The number of aromatic amines is 1. The van der Waals surface area contributed by atoms with E-state index in [1.54, 1.807) is 0 Å². The lowest BCUT2D eigenvalue weighted by molar-refractivity contribution is -0.122. The number of hydrogen-bond donors (Lipinski definition) is 3. The molecule has 0 aliphatic heterocycles. The Bertz CT molecular complexity index is 1110. The number of hydrogen-bond acceptors (Lipinski definition) is 5. The number of aryl methyl sites for hydroxylation is 1. The highest BCUT2D eigenvalue weighted by molar-refractivity contribution is 5.82. The first-order chi connectivity index (χ1) is 15.2. The molecule has 31 heavy (non-hydrogen) atoms. The number of rotatable bonds is 8. The van der Waals surface area contributed by atoms with Gasteiger partial charge in [0.1, 0.15) is 0 Å². The minimum Gasteiger partial charge on any atom is -0.351 e. The number of amides is 1. The van der Waals surface area contributed by atoms with Gasteiger partial charge in [-0.2, -0.15) is 5.21 Å². The van der Waals surface area contributed by atoms with Crippen molar-refractivity contribution in [2.45, 2.75) is 25.4 Å². The van der Waals surface area contributed by atoms with Crippen LogP contribution in [-0.2, 0) is 17.8 Å². The van der Waals surface area contributed by atoms with Gasteiger partial charge < -0.3 is 11.1 Å². The van der Waals surface area contributed by atoms with Crippen LogP contribution in [0.2, 0.25) is 0 Å². The number of tetrazole rings is 1. The number of carbonyl (C=O) groups is 1. The van der Waals surface area contributed by atoms with Crippen molar-refractivity contribution in [1.82, 2.24) is 25.9 Å². The molecule has 0 unspecified atom stereocenters. The van der Waals surface area contributed by atoms with E-state index < -0.39 is 6.04 Å². The molecule has 1 aromatic heterocycles. The first-order valence-electron chi connectivity index (χ1n) is 10.2. The van der Waals surface area contributed by atoms with Crippen LogP contribution in [0.1, 0.15) is 17.5 Å². The lowest BCUT2D eigenvalue weighted by Crippen LogP contribution is -2.40. The predicted octanol–water partition coefficient (Wildman–Crippen LogP) is 3.11. The third-order valence-corrected chi connectivity index (χ3v) is 5.17. The van der Waals surface area contributed by atoms with Gasteiger partial charge in [-0.3, -0.25) is 4.79 Å². The summed E-state index contributed by atoms with van der Waals surface area (Å²) in [7, 11) is 0. The summed E-state index contributed by atoms with van der Waals surface area (Å²) in [5, 5.41) is 17.2. The molecule has 1 atom stereocenters. The molecular weight excluding hydrogens is 388 g/mol. The van der Waals surface area contributed by atoms with Crippen molar-refractivity contribution in [2.24, 2.45) is 5.73 Å². The first kappa shape index (κ1) is 20.4. The summed E-state index contributed by atoms with van der Waals surface area (Å²) in [5.74, 6) is 0.416. The summed E-state index contributed by atoms with van der Waals surface area (Å²) in [6, 6.07) is 25.5. The highest BCUT2D eigenvalue weighted by atomic mass is 16.2. The Balaban J connectivity index is 1.35. The maximum atomic E-state index is 12.3. The normalized spacial score (nSPS) is 11.8. The van der Waals surface area contributed by atoms with Gasteiger partial charge in [-0.05, 0) is 40.3 Å². The second kappa shape index (κ2) is 9.77. The fourth-order valence-electron chi connectivity index (χ4n) is 3.43. The molecule has 1 amide bonds. The summed E-state index contributed by atoms with van der Waals surface area (Å²) < 4.78 is 0. The Hall–Kier alpha value is -3.84. The van der Waals surface area contributed by atoms with Crippen LogP contribution in [0, 0.1) is 0 Å². The van der Waals surface area contributed by atoms with Crippen LogP contribution in [0.4, 0.5) is 0 Å². The molecule has 4 rings (SSSR count). The Morgan fingerprint density at radius 1 is 0.903 bits per heavy atom. The molecule has 4 N–H and O–H groups in total. The van der Waals surface area contributed by atoms with Gasteiger partial charge in [0.25, 0.3) is 0 Å². The fraction of sp³-hybridized carbons (Fsp3) is 0.167. The van der Waals surface area contributed by atoms with E-state index in [0.717, 1.165) is 28.7 Å². The molecule has 0 saturated heterocycles. The van der Waals surface area contributed by atoms with E-state index in [-0.39, 0.29) is 5.91 Å². The smallest absolute Gasteiger partial charge is 0.237 e. The molecule has 0 fully saturated rings. The van der Waals surface area contributed by atoms with E-state index >= 15 is 0 Å². The molecule has 3 aromatic carbocycles. The maximum Gasteiger partial charge on any atom is 0.237 e. The number of H-pyrrole nitrogens is 1. The summed E-state index contributed by atoms with van der Waals surface area (Å²) in [5.41, 5.74) is 11.2. The minimum atomic E-state index is -0.527. The fourth-order valence-corrected chi connectivity index (χ4v) is 3.43. The molecule has 0 aliphatic carbocycles. The Morgan fingerprint density at radius 3 is 2.32 bits per heavy atom. The molecule has 1 heterocycles. The van der Waals surface area contributed by atoms with Crippen LogP contribution in [0.15, 0.2) is 78.9 Å². The van der Waals surface area contributed by atoms with Crippen molar-refractivity contribution in [3.63, 3.8) is 0 Å². The number of aromatic nitrogens is 4. The van der Waals surface area contributed by atoms with Crippen LogP contribution >= 0.6 is 0 Å². The summed E-state index contributed by atoms with van der Waals surface area (Å²) in [6.07, 6.45) is 1.39. The quantitative estimate of drug-likeness (QED) is 0.412. The zero-order valence-corrected chi connectivity index (χ0v) is 17.0. The van der Waals surface area contributed by atoms with Crippen molar-refractivity contribution >= 4 is 5.91 Å². The molecule has 0 aliphatic rings. The van der Waals surface area contributed by atoms with E-state index in [1.165, 1.54) is 5.56 Å². The topological polar surface area (TPSA) is 110 Å². The van der Waals surface area contributed by atoms with E-state index in [0.29, 0.717) is 18.8 Å². The number of benzene rings is 3. The van der Waals surface area contributed by atoms with Crippen LogP contribution in [0.5, 0.6) is 0 Å². The van der Waals surface area contributed by atoms with Crippen molar-refractivity contribution < 1.29 is 4.79 Å². The average molecular weight is 412 g/mol. The average Bonchev–Trinajstić information content (AvgIpc) is 3.37. The van der Waals surface area contributed by atoms with Gasteiger partial charge in [0.15, 0.2) is 0 Å². The van der Waals surface area contributed by atoms with Crippen molar-refractivity contribution in [3.8, 4) is 22.5 Å². The zero-order valence-electron chi connectivity index (χ0n) is 17.0. The molecular formula is C24H24N6O. The Kier molecular flexibility index (Phi) is 6.44. The SMILES string of the molecule is N[C@H](CCc1ccccc1)C(=O)NCc1ccc(-c2ccccc2-c2nn[nH]n2)cc1. The van der Waals surface area contributed by atoms with E-state index in [9.17, 15) is 4.79 Å². The van der Waals surface area contributed by atoms with Gasteiger partial charge in [0.2, 0.25) is 11.7 Å². The largest absolute Gasteiger partial charge is 0.351 e. The van der Waals surface area contributed by atoms with Crippen LogP contribution in [-0.4, -0.2) is 32.6 Å². The van der Waals surface area contributed by atoms with Gasteiger partial charge in [-0.1, -0.05) is 78.9 Å². The highest BCUT2D eigenvalue weighted by Crippen LogP contribution is 2.29. The second-order valence-electron chi connectivity index (χ2n) is 7.33. The second-order valence-corrected chi connectivity index (χ2v) is 7.33. The van der Waals surface area contributed by atoms with Gasteiger partial charge in [-0.15, -0.1) is 10.2 Å². The van der Waals surface area contributed by atoms with Crippen molar-refractivity contribution in [2.75, 3.05) is 0 Å². The Morgan fingerprint density at radius 2 is 1.61 bits per heavy atom. The number of carbonyl (C=O) groups excluding carboxylic acids is 1. The summed E-state index contributed by atoms with van der Waals surface area (Å²) in [4.78, 5) is 12.3. The first-order valence-corrected chi connectivity index (χ1v) is 10.2. The summed E-state index contributed by atoms with van der Waals surface area (Å²) in [6.45, 7) is 0.435. The number of nitrogens with one attached hydrogen (secondary N) is 2. The van der Waals surface area contributed by atoms with Crippen molar-refractivity contribution in [1.29, 1.82) is 0 Å². The number of nitrogens with zero attached hydrogens (tertiary/aromatic N) is 3. The zero-order chi connectivity index (χ0) is 21.5. The molecule has 7 nitrogen and oxygen atoms in total. The van der Waals surface area contributed by atoms with Crippen LogP contribution in [0.25, 0.3) is 22.5 Å². The molecule has 0 spiro atoms. The summed E-state index contributed by atoms with van der Waals surface area (Å²) >= 11 is 0. The van der Waals surface area contributed by atoms with E-state index in [2.05, 4.69) is 25.9 Å². The molecule has 4 aromatic rings. The molecule has 156 valence electrons. The highest BCUT2D eigenvalue weighted by Gasteiger charge is 2.14. The lowest BCUT2D eigenvalue weighted by Gasteiger charge is -2.13. The van der Waals surface area contributed by atoms with E-state index in [4.69, 9.17) is 5.73 Å². The Labute approximate surface area is 180 Å². The minimum absolute atomic E-state index is 0.137. The maximum absolute atomic E-state index is 12.3. The monoisotopic (exact) mass is 412 g/mol. The van der Waals surface area contributed by atoms with Gasteiger partial charge in [-0.25, -0.2) is 0 Å². The van der Waals surface area contributed by atoms with Gasteiger partial charge >= 0.3 is 0 Å². The molecule has 0 radical (unpaired) electrons. The van der Waals surface area contributed by atoms with E-state index in [1.807, 2.05) is 78.9 Å². The van der Waals surface area contributed by atoms with Crippen LogP contribution < -0.4 is 11.1 Å². The molecule has 7 heteroatoms. The number of nitrogens with two attached hydrogens (primary N) is 1. The van der Waals surface area contributed by atoms with Gasteiger partial charge in [0.05, 0.1) is 6.04 Å². The van der Waals surface area contributed by atoms with Gasteiger partial charge in [0, 0.05) is 12.1 Å². The van der Waals surface area contributed by atoms with Crippen molar-refractivity contribution in [3.05, 3.63) is 90.0 Å².